The number of benzene rings is 1. The van der Waals surface area contributed by atoms with Gasteiger partial charge in [0.2, 0.25) is 0 Å². The van der Waals surface area contributed by atoms with Crippen LogP contribution in [0.2, 0.25) is 5.02 Å². The minimum absolute atomic E-state index is 0.146. The summed E-state index contributed by atoms with van der Waals surface area (Å²) in [4.78, 5) is 12.9. The van der Waals surface area contributed by atoms with E-state index in [0.29, 0.717) is 23.2 Å². The molecule has 2 N–H and O–H groups in total. The first-order valence-electron chi connectivity index (χ1n) is 9.19. The highest BCUT2D eigenvalue weighted by atomic mass is 35.5. The summed E-state index contributed by atoms with van der Waals surface area (Å²) < 4.78 is 15.2. The van der Waals surface area contributed by atoms with Gasteiger partial charge in [0.1, 0.15) is 5.82 Å². The van der Waals surface area contributed by atoms with E-state index >= 15 is 0 Å². The summed E-state index contributed by atoms with van der Waals surface area (Å²) in [6, 6.07) is 3.81. The fourth-order valence-electron chi connectivity index (χ4n) is 3.90. The maximum absolute atomic E-state index is 13.4. The Labute approximate surface area is 162 Å². The lowest BCUT2D eigenvalue weighted by Gasteiger charge is -2.29. The Morgan fingerprint density at radius 2 is 2.22 bits per heavy atom. The van der Waals surface area contributed by atoms with Crippen molar-refractivity contribution in [3.63, 3.8) is 0 Å². The topological polar surface area (TPSA) is 67.2 Å². The van der Waals surface area contributed by atoms with E-state index in [4.69, 9.17) is 11.6 Å². The largest absolute Gasteiger partial charge is 0.394 e. The number of aliphatic hydroxyl groups excluding tert-OH is 1. The average molecular weight is 392 g/mol. The average Bonchev–Trinajstić information content (AvgIpc) is 3.08. The van der Waals surface area contributed by atoms with Crippen LogP contribution < -0.4 is 5.32 Å². The first-order chi connectivity index (χ1) is 12.7. The zero-order valence-corrected chi connectivity index (χ0v) is 16.3. The molecule has 5 nitrogen and oxygen atoms in total. The first kappa shape index (κ1) is 18.4. The molecular formula is C20H23ClFN3O2. The third-order valence-electron chi connectivity index (χ3n) is 5.65. The van der Waals surface area contributed by atoms with Crippen molar-refractivity contribution in [1.82, 2.24) is 15.1 Å². The molecule has 4 rings (SSSR count). The van der Waals surface area contributed by atoms with Crippen LogP contribution in [0, 0.1) is 17.2 Å². The van der Waals surface area contributed by atoms with Crippen LogP contribution in [0.3, 0.4) is 0 Å². The van der Waals surface area contributed by atoms with Crippen LogP contribution in [0.1, 0.15) is 54.9 Å². The van der Waals surface area contributed by atoms with Crippen LogP contribution in [0.5, 0.6) is 0 Å². The molecule has 1 aromatic heterocycles. The number of aromatic nitrogens is 2. The van der Waals surface area contributed by atoms with E-state index in [9.17, 15) is 14.3 Å². The van der Waals surface area contributed by atoms with Gasteiger partial charge in [-0.3, -0.25) is 4.79 Å². The second-order valence-corrected chi connectivity index (χ2v) is 9.01. The third kappa shape index (κ3) is 3.15. The molecule has 0 spiro atoms. The Kier molecular flexibility index (Phi) is 4.31. The molecule has 0 radical (unpaired) electrons. The van der Waals surface area contributed by atoms with Crippen molar-refractivity contribution in [2.45, 2.75) is 45.6 Å². The van der Waals surface area contributed by atoms with Gasteiger partial charge in [0.15, 0.2) is 5.69 Å². The molecule has 1 saturated carbocycles. The number of halogens is 2. The lowest BCUT2D eigenvalue weighted by Crippen LogP contribution is -2.46. The molecule has 3 atom stereocenters. The zero-order valence-electron chi connectivity index (χ0n) is 15.6. The van der Waals surface area contributed by atoms with Gasteiger partial charge in [-0.05, 0) is 42.4 Å². The van der Waals surface area contributed by atoms with E-state index in [2.05, 4.69) is 10.4 Å². The summed E-state index contributed by atoms with van der Waals surface area (Å²) >= 11 is 6.25. The highest BCUT2D eigenvalue weighted by Crippen LogP contribution is 2.57. The van der Waals surface area contributed by atoms with Crippen molar-refractivity contribution in [1.29, 1.82) is 0 Å². The Balaban J connectivity index is 1.73. The van der Waals surface area contributed by atoms with Gasteiger partial charge in [0, 0.05) is 11.5 Å². The molecule has 0 bridgehead atoms. The number of amides is 1. The third-order valence-corrected chi connectivity index (χ3v) is 5.95. The molecule has 2 aliphatic carbocycles. The predicted molar refractivity (Wildman–Crippen MR) is 101 cm³/mol. The monoisotopic (exact) mass is 391 g/mol. The molecule has 1 amide bonds. The maximum Gasteiger partial charge on any atom is 0.272 e. The van der Waals surface area contributed by atoms with Crippen LogP contribution in [-0.4, -0.2) is 33.4 Å². The first-order valence-corrected chi connectivity index (χ1v) is 9.57. The second kappa shape index (κ2) is 6.31. The highest BCUT2D eigenvalue weighted by Gasteiger charge is 2.50. The van der Waals surface area contributed by atoms with E-state index in [0.717, 1.165) is 24.1 Å². The Bertz CT molecular complexity index is 919. The minimum atomic E-state index is -0.411. The number of aliphatic hydroxyl groups is 1. The molecule has 1 heterocycles. The summed E-state index contributed by atoms with van der Waals surface area (Å²) in [6.07, 6.45) is 1.90. The van der Waals surface area contributed by atoms with Crippen molar-refractivity contribution in [2.24, 2.45) is 11.3 Å². The Morgan fingerprint density at radius 3 is 2.85 bits per heavy atom. The smallest absolute Gasteiger partial charge is 0.272 e. The van der Waals surface area contributed by atoms with Gasteiger partial charge < -0.3 is 10.4 Å². The van der Waals surface area contributed by atoms with E-state index in [1.54, 1.807) is 10.7 Å². The van der Waals surface area contributed by atoms with Crippen molar-refractivity contribution in [2.75, 3.05) is 6.61 Å². The standard InChI is InChI=1S/C20H23ClFN3O2/c1-20(2,3)16(9-26)23-19(27)17-13-7-10-6-12(10)18(13)25(24-17)15-5-4-11(22)8-14(15)21/h4-5,8,10,12,16,26H,6-7,9H2,1-3H3,(H,23,27)/t10-,12-,16-/m1/s1. The number of hydrogen-bond acceptors (Lipinski definition) is 3. The van der Waals surface area contributed by atoms with E-state index in [1.165, 1.54) is 12.1 Å². The van der Waals surface area contributed by atoms with Gasteiger partial charge >= 0.3 is 0 Å². The maximum atomic E-state index is 13.4. The molecule has 1 fully saturated rings. The SMILES string of the molecule is CC(C)(C)[C@@H](CO)NC(=O)c1nn(-c2ccc(F)cc2Cl)c2c1C[C@H]1C[C@@H]21. The zero-order chi connectivity index (χ0) is 19.5. The summed E-state index contributed by atoms with van der Waals surface area (Å²) in [5.41, 5.74) is 2.63. The van der Waals surface area contributed by atoms with E-state index in [-0.39, 0.29) is 29.0 Å². The lowest BCUT2D eigenvalue weighted by atomic mass is 9.87. The van der Waals surface area contributed by atoms with Gasteiger partial charge in [-0.2, -0.15) is 5.10 Å². The van der Waals surface area contributed by atoms with E-state index < -0.39 is 5.82 Å². The Morgan fingerprint density at radius 1 is 1.48 bits per heavy atom. The molecule has 2 aliphatic rings. The number of rotatable bonds is 4. The number of carbonyl (C=O) groups is 1. The van der Waals surface area contributed by atoms with Crippen molar-refractivity contribution >= 4 is 17.5 Å². The highest BCUT2D eigenvalue weighted by molar-refractivity contribution is 6.32. The number of hydrogen-bond donors (Lipinski definition) is 2. The fourth-order valence-corrected chi connectivity index (χ4v) is 4.14. The van der Waals surface area contributed by atoms with Gasteiger partial charge in [-0.25, -0.2) is 9.07 Å². The summed E-state index contributed by atoms with van der Waals surface area (Å²) in [7, 11) is 0. The molecule has 7 heteroatoms. The van der Waals surface area contributed by atoms with Gasteiger partial charge in [-0.15, -0.1) is 0 Å². The fraction of sp³-hybridized carbons (Fsp3) is 0.500. The quantitative estimate of drug-likeness (QED) is 0.838. The Hall–Kier alpha value is -1.92. The molecule has 0 saturated heterocycles. The van der Waals surface area contributed by atoms with Crippen LogP contribution in [0.25, 0.3) is 5.69 Å². The predicted octanol–water partition coefficient (Wildman–Crippen LogP) is 3.46. The molecular weight excluding hydrogens is 369 g/mol. The number of nitrogens with zero attached hydrogens (tertiary/aromatic N) is 2. The molecule has 144 valence electrons. The van der Waals surface area contributed by atoms with Crippen molar-refractivity contribution in [3.8, 4) is 5.69 Å². The summed E-state index contributed by atoms with van der Waals surface area (Å²) in [5.74, 6) is 0.224. The lowest BCUT2D eigenvalue weighted by molar-refractivity contribution is 0.0841. The minimum Gasteiger partial charge on any atom is -0.394 e. The molecule has 1 aromatic carbocycles. The van der Waals surface area contributed by atoms with Gasteiger partial charge in [-0.1, -0.05) is 32.4 Å². The molecule has 2 aromatic rings. The van der Waals surface area contributed by atoms with Crippen molar-refractivity contribution < 1.29 is 14.3 Å². The molecule has 0 unspecified atom stereocenters. The van der Waals surface area contributed by atoms with Crippen LogP contribution in [-0.2, 0) is 6.42 Å². The van der Waals surface area contributed by atoms with Gasteiger partial charge in [0.25, 0.3) is 5.91 Å². The molecule has 27 heavy (non-hydrogen) atoms. The normalized spacial score (nSPS) is 21.6. The van der Waals surface area contributed by atoms with Crippen LogP contribution >= 0.6 is 11.6 Å². The van der Waals surface area contributed by atoms with Crippen LogP contribution in [0.15, 0.2) is 18.2 Å². The number of fused-ring (bicyclic) bond motifs is 3. The van der Waals surface area contributed by atoms with Crippen molar-refractivity contribution in [3.05, 3.63) is 46.0 Å². The summed E-state index contributed by atoms with van der Waals surface area (Å²) in [5, 5.41) is 17.4. The van der Waals surface area contributed by atoms with Crippen LogP contribution in [0.4, 0.5) is 4.39 Å². The van der Waals surface area contributed by atoms with E-state index in [1.807, 2.05) is 20.8 Å². The number of nitrogens with one attached hydrogen (secondary N) is 1. The number of carbonyl (C=O) groups excluding carboxylic acids is 1. The molecule has 0 aliphatic heterocycles. The second-order valence-electron chi connectivity index (χ2n) is 8.60. The van der Waals surface area contributed by atoms with Gasteiger partial charge in [0.05, 0.1) is 29.1 Å². The summed E-state index contributed by atoms with van der Waals surface area (Å²) in [6.45, 7) is 5.74.